The van der Waals surface area contributed by atoms with Crippen LogP contribution in [0, 0.1) is 12.3 Å². The standard InChI is InChI=1S/C23H31N5O/c1-3-19-16-25-18(2)26-22(19)27-14-10-23(11-15-27)9-7-21(29)28(17-23)13-8-20-6-4-5-12-24-20/h4-6,12,16H,3,7-11,13-15,17H2,1-2H3. The highest BCUT2D eigenvalue weighted by Crippen LogP contribution is 2.41. The Hall–Kier alpha value is -2.50. The number of piperidine rings is 2. The number of nitrogens with zero attached hydrogens (tertiary/aromatic N) is 5. The first kappa shape index (κ1) is 19.8. The van der Waals surface area contributed by atoms with Gasteiger partial charge in [0.25, 0.3) is 0 Å². The minimum Gasteiger partial charge on any atom is -0.356 e. The Morgan fingerprint density at radius 1 is 1.14 bits per heavy atom. The average molecular weight is 394 g/mol. The summed E-state index contributed by atoms with van der Waals surface area (Å²) in [4.78, 5) is 30.5. The predicted molar refractivity (Wildman–Crippen MR) is 114 cm³/mol. The van der Waals surface area contributed by atoms with Crippen LogP contribution >= 0.6 is 0 Å². The molecular weight excluding hydrogens is 362 g/mol. The second-order valence-corrected chi connectivity index (χ2v) is 8.49. The highest BCUT2D eigenvalue weighted by Gasteiger charge is 2.41. The van der Waals surface area contributed by atoms with Crippen LogP contribution in [-0.4, -0.2) is 51.9 Å². The molecule has 0 atom stereocenters. The lowest BCUT2D eigenvalue weighted by Gasteiger charge is -2.48. The first-order chi connectivity index (χ1) is 14.1. The quantitative estimate of drug-likeness (QED) is 0.781. The third-order valence-corrected chi connectivity index (χ3v) is 6.58. The fourth-order valence-electron chi connectivity index (χ4n) is 4.71. The molecule has 0 aliphatic carbocycles. The van der Waals surface area contributed by atoms with Crippen molar-refractivity contribution in [3.05, 3.63) is 47.7 Å². The fraction of sp³-hybridized carbons (Fsp3) is 0.565. The highest BCUT2D eigenvalue weighted by atomic mass is 16.2. The third kappa shape index (κ3) is 4.41. The van der Waals surface area contributed by atoms with Crippen LogP contribution in [0.25, 0.3) is 0 Å². The minimum absolute atomic E-state index is 0.253. The molecule has 1 amide bonds. The molecule has 2 fully saturated rings. The summed E-state index contributed by atoms with van der Waals surface area (Å²) in [5, 5.41) is 0. The summed E-state index contributed by atoms with van der Waals surface area (Å²) in [6.45, 7) is 7.79. The SMILES string of the molecule is CCc1cnc(C)nc1N1CCC2(CCC(=O)N(CCc3ccccn3)C2)CC1. The molecule has 0 radical (unpaired) electrons. The Kier molecular flexibility index (Phi) is 5.79. The Bertz CT molecular complexity index is 846. The van der Waals surface area contributed by atoms with E-state index in [1.165, 1.54) is 5.56 Å². The maximum absolute atomic E-state index is 12.5. The largest absolute Gasteiger partial charge is 0.356 e. The monoisotopic (exact) mass is 393 g/mol. The van der Waals surface area contributed by atoms with E-state index >= 15 is 0 Å². The van der Waals surface area contributed by atoms with Crippen molar-refractivity contribution in [1.82, 2.24) is 19.9 Å². The maximum atomic E-state index is 12.5. The molecule has 0 aromatic carbocycles. The number of carbonyl (C=O) groups is 1. The van der Waals surface area contributed by atoms with Gasteiger partial charge in [-0.1, -0.05) is 13.0 Å². The van der Waals surface area contributed by atoms with Gasteiger partial charge in [-0.25, -0.2) is 9.97 Å². The zero-order valence-electron chi connectivity index (χ0n) is 17.6. The van der Waals surface area contributed by atoms with E-state index in [2.05, 4.69) is 26.7 Å². The van der Waals surface area contributed by atoms with Gasteiger partial charge in [-0.15, -0.1) is 0 Å². The first-order valence-corrected chi connectivity index (χ1v) is 10.8. The molecule has 154 valence electrons. The molecule has 4 rings (SSSR count). The smallest absolute Gasteiger partial charge is 0.222 e. The van der Waals surface area contributed by atoms with Crippen LogP contribution in [0.3, 0.4) is 0 Å². The van der Waals surface area contributed by atoms with E-state index in [9.17, 15) is 4.79 Å². The molecule has 2 saturated heterocycles. The van der Waals surface area contributed by atoms with Gasteiger partial charge in [0, 0.05) is 62.7 Å². The number of hydrogen-bond acceptors (Lipinski definition) is 5. The molecule has 2 aromatic rings. The lowest BCUT2D eigenvalue weighted by molar-refractivity contribution is -0.138. The van der Waals surface area contributed by atoms with Crippen molar-refractivity contribution in [1.29, 1.82) is 0 Å². The van der Waals surface area contributed by atoms with Gasteiger partial charge in [0.2, 0.25) is 5.91 Å². The van der Waals surface area contributed by atoms with Crippen LogP contribution < -0.4 is 4.90 Å². The zero-order valence-corrected chi connectivity index (χ0v) is 17.6. The van der Waals surface area contributed by atoms with Crippen LogP contribution in [0.5, 0.6) is 0 Å². The molecule has 0 N–H and O–H groups in total. The molecule has 29 heavy (non-hydrogen) atoms. The number of rotatable bonds is 5. The molecule has 6 nitrogen and oxygen atoms in total. The summed E-state index contributed by atoms with van der Waals surface area (Å²) in [6, 6.07) is 5.98. The first-order valence-electron chi connectivity index (χ1n) is 10.8. The Morgan fingerprint density at radius 3 is 2.69 bits per heavy atom. The molecule has 0 bridgehead atoms. The number of aryl methyl sites for hydroxylation is 2. The normalized spacial score (nSPS) is 19.0. The van der Waals surface area contributed by atoms with Crippen LogP contribution in [0.2, 0.25) is 0 Å². The van der Waals surface area contributed by atoms with Crippen molar-refractivity contribution >= 4 is 11.7 Å². The van der Waals surface area contributed by atoms with Gasteiger partial charge >= 0.3 is 0 Å². The van der Waals surface area contributed by atoms with E-state index in [0.717, 1.165) is 75.6 Å². The number of hydrogen-bond donors (Lipinski definition) is 0. The number of anilines is 1. The minimum atomic E-state index is 0.253. The molecule has 4 heterocycles. The Labute approximate surface area is 173 Å². The van der Waals surface area contributed by atoms with Gasteiger partial charge in [-0.05, 0) is 50.2 Å². The summed E-state index contributed by atoms with van der Waals surface area (Å²) >= 11 is 0. The van der Waals surface area contributed by atoms with Crippen molar-refractivity contribution in [2.75, 3.05) is 31.1 Å². The van der Waals surface area contributed by atoms with Crippen molar-refractivity contribution in [2.24, 2.45) is 5.41 Å². The Morgan fingerprint density at radius 2 is 1.97 bits per heavy atom. The number of carbonyl (C=O) groups excluding carboxylic acids is 1. The van der Waals surface area contributed by atoms with Crippen LogP contribution in [-0.2, 0) is 17.6 Å². The van der Waals surface area contributed by atoms with E-state index in [1.807, 2.05) is 37.5 Å². The number of likely N-dealkylation sites (tertiary alicyclic amines) is 1. The number of aromatic nitrogens is 3. The highest BCUT2D eigenvalue weighted by molar-refractivity contribution is 5.77. The zero-order chi connectivity index (χ0) is 20.3. The molecule has 2 aliphatic heterocycles. The van der Waals surface area contributed by atoms with Crippen molar-refractivity contribution < 1.29 is 4.79 Å². The Balaban J connectivity index is 1.40. The van der Waals surface area contributed by atoms with E-state index in [1.54, 1.807) is 0 Å². The number of amides is 1. The van der Waals surface area contributed by atoms with Gasteiger partial charge in [0.05, 0.1) is 0 Å². The topological polar surface area (TPSA) is 62.2 Å². The van der Waals surface area contributed by atoms with E-state index in [0.29, 0.717) is 12.3 Å². The number of pyridine rings is 1. The molecule has 2 aromatic heterocycles. The van der Waals surface area contributed by atoms with E-state index in [-0.39, 0.29) is 5.41 Å². The summed E-state index contributed by atoms with van der Waals surface area (Å²) in [5.41, 5.74) is 2.53. The summed E-state index contributed by atoms with van der Waals surface area (Å²) in [5.74, 6) is 2.24. The second kappa shape index (κ2) is 8.47. The second-order valence-electron chi connectivity index (χ2n) is 8.49. The van der Waals surface area contributed by atoms with E-state index in [4.69, 9.17) is 4.98 Å². The van der Waals surface area contributed by atoms with Crippen LogP contribution in [0.4, 0.5) is 5.82 Å². The van der Waals surface area contributed by atoms with Crippen LogP contribution in [0.15, 0.2) is 30.6 Å². The van der Waals surface area contributed by atoms with Gasteiger partial charge in [-0.2, -0.15) is 0 Å². The molecule has 2 aliphatic rings. The predicted octanol–water partition coefficient (Wildman–Crippen LogP) is 3.19. The van der Waals surface area contributed by atoms with Gasteiger partial charge in [0.1, 0.15) is 11.6 Å². The van der Waals surface area contributed by atoms with Crippen LogP contribution in [0.1, 0.15) is 49.7 Å². The average Bonchev–Trinajstić information content (AvgIpc) is 2.76. The molecule has 1 spiro atoms. The van der Waals surface area contributed by atoms with Crippen molar-refractivity contribution in [3.8, 4) is 0 Å². The van der Waals surface area contributed by atoms with Gasteiger partial charge in [-0.3, -0.25) is 9.78 Å². The molecule has 0 saturated carbocycles. The maximum Gasteiger partial charge on any atom is 0.222 e. The van der Waals surface area contributed by atoms with Crippen molar-refractivity contribution in [2.45, 2.75) is 52.4 Å². The summed E-state index contributed by atoms with van der Waals surface area (Å²) < 4.78 is 0. The third-order valence-electron chi connectivity index (χ3n) is 6.58. The van der Waals surface area contributed by atoms with Gasteiger partial charge < -0.3 is 9.80 Å². The van der Waals surface area contributed by atoms with Gasteiger partial charge in [0.15, 0.2) is 0 Å². The summed E-state index contributed by atoms with van der Waals surface area (Å²) in [7, 11) is 0. The lowest BCUT2D eigenvalue weighted by atomic mass is 9.72. The lowest BCUT2D eigenvalue weighted by Crippen LogP contribution is -2.52. The molecule has 6 heteroatoms. The molecule has 0 unspecified atom stereocenters. The molecular formula is C23H31N5O. The van der Waals surface area contributed by atoms with E-state index < -0.39 is 0 Å². The summed E-state index contributed by atoms with van der Waals surface area (Å²) in [6.07, 6.45) is 9.50. The fourth-order valence-corrected chi connectivity index (χ4v) is 4.71. The van der Waals surface area contributed by atoms with Crippen molar-refractivity contribution in [3.63, 3.8) is 0 Å².